The second-order valence-electron chi connectivity index (χ2n) is 4.09. The Bertz CT molecular complexity index is 138. The second kappa shape index (κ2) is 5.50. The molecule has 0 aromatic rings. The van der Waals surface area contributed by atoms with E-state index < -0.39 is 6.43 Å². The van der Waals surface area contributed by atoms with E-state index in [0.717, 1.165) is 0 Å². The first kappa shape index (κ1) is 12.8. The molecule has 0 radical (unpaired) electrons. The minimum atomic E-state index is -2.26. The fraction of sp³-hybridized carbons (Fsp3) is 1.00. The molecule has 0 rings (SSSR count). The predicted octanol–water partition coefficient (Wildman–Crippen LogP) is 1.56. The van der Waals surface area contributed by atoms with E-state index in [1.807, 2.05) is 20.8 Å². The molecule has 0 unspecified atom stereocenters. The summed E-state index contributed by atoms with van der Waals surface area (Å²) in [4.78, 5) is 1.73. The van der Waals surface area contributed by atoms with Crippen molar-refractivity contribution in [1.29, 1.82) is 0 Å². The number of halogens is 2. The molecule has 0 fully saturated rings. The summed E-state index contributed by atoms with van der Waals surface area (Å²) in [7, 11) is 0. The summed E-state index contributed by atoms with van der Waals surface area (Å²) >= 11 is 0. The van der Waals surface area contributed by atoms with Crippen molar-refractivity contribution in [2.24, 2.45) is 11.1 Å². The summed E-state index contributed by atoms with van der Waals surface area (Å²) in [6, 6.07) is 0. The van der Waals surface area contributed by atoms with Crippen LogP contribution in [0.2, 0.25) is 0 Å². The molecule has 80 valence electrons. The smallest absolute Gasteiger partial charge is 0.251 e. The number of nitrogens with two attached hydrogens (primary N) is 1. The summed E-state index contributed by atoms with van der Waals surface area (Å²) in [6.07, 6.45) is -2.26. The fourth-order valence-corrected chi connectivity index (χ4v) is 1.17. The number of hydrogen-bond acceptors (Lipinski definition) is 2. The van der Waals surface area contributed by atoms with Gasteiger partial charge in [0, 0.05) is 6.54 Å². The Hall–Kier alpha value is -0.220. The zero-order valence-electron chi connectivity index (χ0n) is 8.69. The van der Waals surface area contributed by atoms with Crippen LogP contribution < -0.4 is 5.73 Å². The molecule has 2 N–H and O–H groups in total. The molecule has 13 heavy (non-hydrogen) atoms. The van der Waals surface area contributed by atoms with E-state index in [-0.39, 0.29) is 12.0 Å². The maximum absolute atomic E-state index is 12.1. The van der Waals surface area contributed by atoms with Crippen LogP contribution in [0.5, 0.6) is 0 Å². The third-order valence-corrected chi connectivity index (χ3v) is 2.05. The van der Waals surface area contributed by atoms with E-state index in [4.69, 9.17) is 5.73 Å². The lowest BCUT2D eigenvalue weighted by molar-refractivity contribution is 0.0724. The van der Waals surface area contributed by atoms with Crippen molar-refractivity contribution < 1.29 is 8.78 Å². The first-order valence-electron chi connectivity index (χ1n) is 4.62. The maximum Gasteiger partial charge on any atom is 0.251 e. The molecule has 0 saturated heterocycles. The molecule has 0 bridgehead atoms. The van der Waals surface area contributed by atoms with Crippen LogP contribution in [0.1, 0.15) is 20.8 Å². The van der Waals surface area contributed by atoms with Crippen LogP contribution >= 0.6 is 0 Å². The largest absolute Gasteiger partial charge is 0.330 e. The van der Waals surface area contributed by atoms with Gasteiger partial charge in [-0.25, -0.2) is 8.78 Å². The van der Waals surface area contributed by atoms with Crippen molar-refractivity contribution in [3.63, 3.8) is 0 Å². The molecule has 0 aromatic carbocycles. The van der Waals surface area contributed by atoms with Crippen molar-refractivity contribution in [1.82, 2.24) is 4.90 Å². The van der Waals surface area contributed by atoms with Gasteiger partial charge < -0.3 is 5.73 Å². The Balaban J connectivity index is 3.97. The van der Waals surface area contributed by atoms with Crippen LogP contribution in [0.15, 0.2) is 0 Å². The van der Waals surface area contributed by atoms with Gasteiger partial charge in [0.25, 0.3) is 6.43 Å². The van der Waals surface area contributed by atoms with Crippen molar-refractivity contribution in [2.45, 2.75) is 27.2 Å². The molecule has 4 heteroatoms. The Labute approximate surface area is 79.1 Å². The normalized spacial score (nSPS) is 12.9. The van der Waals surface area contributed by atoms with Gasteiger partial charge in [0.2, 0.25) is 0 Å². The minimum Gasteiger partial charge on any atom is -0.330 e. The third-order valence-electron chi connectivity index (χ3n) is 2.05. The highest BCUT2D eigenvalue weighted by Crippen LogP contribution is 2.15. The molecule has 0 spiro atoms. The molecule has 0 aliphatic rings. The van der Waals surface area contributed by atoms with E-state index in [9.17, 15) is 8.78 Å². The van der Waals surface area contributed by atoms with Crippen molar-refractivity contribution in [3.8, 4) is 0 Å². The van der Waals surface area contributed by atoms with Crippen LogP contribution in [0.3, 0.4) is 0 Å². The molecular weight excluding hydrogens is 174 g/mol. The standard InChI is InChI=1S/C9H20F2N2/c1-4-13(5-8(10)11)7-9(2,3)6-12/h8H,4-7,12H2,1-3H3. The van der Waals surface area contributed by atoms with E-state index in [0.29, 0.717) is 19.6 Å². The summed E-state index contributed by atoms with van der Waals surface area (Å²) in [6.45, 7) is 7.50. The van der Waals surface area contributed by atoms with Gasteiger partial charge >= 0.3 is 0 Å². The first-order valence-corrected chi connectivity index (χ1v) is 4.62. The SMILES string of the molecule is CCN(CC(F)F)CC(C)(C)CN. The summed E-state index contributed by atoms with van der Waals surface area (Å²) in [5.74, 6) is 0. The Morgan fingerprint density at radius 2 is 1.92 bits per heavy atom. The molecule has 0 aliphatic carbocycles. The molecule has 0 aliphatic heterocycles. The third kappa shape index (κ3) is 5.93. The number of rotatable bonds is 6. The van der Waals surface area contributed by atoms with Crippen LogP contribution in [0.25, 0.3) is 0 Å². The van der Waals surface area contributed by atoms with Crippen LogP contribution in [-0.2, 0) is 0 Å². The Morgan fingerprint density at radius 1 is 1.38 bits per heavy atom. The summed E-state index contributed by atoms with van der Waals surface area (Å²) in [5.41, 5.74) is 5.45. The van der Waals surface area contributed by atoms with E-state index in [1.165, 1.54) is 0 Å². The zero-order chi connectivity index (χ0) is 10.5. The predicted molar refractivity (Wildman–Crippen MR) is 51.0 cm³/mol. The average molecular weight is 194 g/mol. The highest BCUT2D eigenvalue weighted by Gasteiger charge is 2.21. The quantitative estimate of drug-likeness (QED) is 0.695. The molecule has 0 atom stereocenters. The molecule has 2 nitrogen and oxygen atoms in total. The highest BCUT2D eigenvalue weighted by molar-refractivity contribution is 4.74. The molecule has 0 aromatic heterocycles. The van der Waals surface area contributed by atoms with Gasteiger partial charge in [-0.2, -0.15) is 0 Å². The van der Waals surface area contributed by atoms with Crippen LogP contribution in [-0.4, -0.2) is 37.5 Å². The van der Waals surface area contributed by atoms with Gasteiger partial charge in [-0.05, 0) is 18.5 Å². The van der Waals surface area contributed by atoms with Gasteiger partial charge in [-0.1, -0.05) is 20.8 Å². The lowest BCUT2D eigenvalue weighted by Gasteiger charge is -2.30. The number of nitrogens with zero attached hydrogens (tertiary/aromatic N) is 1. The zero-order valence-corrected chi connectivity index (χ0v) is 8.69. The van der Waals surface area contributed by atoms with Crippen LogP contribution in [0, 0.1) is 5.41 Å². The summed E-state index contributed by atoms with van der Waals surface area (Å²) < 4.78 is 24.2. The molecule has 0 saturated carbocycles. The van der Waals surface area contributed by atoms with Gasteiger partial charge in [0.1, 0.15) is 0 Å². The van der Waals surface area contributed by atoms with Crippen molar-refractivity contribution >= 4 is 0 Å². The minimum absolute atomic E-state index is 0.0785. The number of hydrogen-bond donors (Lipinski definition) is 1. The van der Waals surface area contributed by atoms with Crippen LogP contribution in [0.4, 0.5) is 8.78 Å². The summed E-state index contributed by atoms with van der Waals surface area (Å²) in [5, 5.41) is 0. The molecular formula is C9H20F2N2. The van der Waals surface area contributed by atoms with E-state index >= 15 is 0 Å². The lowest BCUT2D eigenvalue weighted by Crippen LogP contribution is -2.40. The van der Waals surface area contributed by atoms with Gasteiger partial charge in [0.15, 0.2) is 0 Å². The van der Waals surface area contributed by atoms with Gasteiger partial charge in [-0.3, -0.25) is 4.90 Å². The topological polar surface area (TPSA) is 29.3 Å². The lowest BCUT2D eigenvalue weighted by atomic mass is 9.93. The van der Waals surface area contributed by atoms with Crippen molar-refractivity contribution in [3.05, 3.63) is 0 Å². The van der Waals surface area contributed by atoms with Crippen molar-refractivity contribution in [2.75, 3.05) is 26.2 Å². The fourth-order valence-electron chi connectivity index (χ4n) is 1.17. The number of alkyl halides is 2. The molecule has 0 amide bonds. The first-order chi connectivity index (χ1) is 5.91. The average Bonchev–Trinajstić information content (AvgIpc) is 2.02. The molecule has 0 heterocycles. The second-order valence-corrected chi connectivity index (χ2v) is 4.09. The van der Waals surface area contributed by atoms with Gasteiger partial charge in [-0.15, -0.1) is 0 Å². The monoisotopic (exact) mass is 194 g/mol. The Morgan fingerprint density at radius 3 is 2.23 bits per heavy atom. The highest BCUT2D eigenvalue weighted by atomic mass is 19.3. The van der Waals surface area contributed by atoms with E-state index in [1.54, 1.807) is 4.90 Å². The van der Waals surface area contributed by atoms with Gasteiger partial charge in [0.05, 0.1) is 6.54 Å². The van der Waals surface area contributed by atoms with E-state index in [2.05, 4.69) is 0 Å². The maximum atomic E-state index is 12.1. The Kier molecular flexibility index (Phi) is 5.40.